The predicted octanol–water partition coefficient (Wildman–Crippen LogP) is 6.49. The van der Waals surface area contributed by atoms with E-state index in [-0.39, 0.29) is 29.5 Å². The number of halogens is 2. The van der Waals surface area contributed by atoms with Crippen LogP contribution in [0, 0.1) is 5.92 Å². The number of benzene rings is 2. The number of phenolic OH excluding ortho intramolecular Hbond substituents is 1. The van der Waals surface area contributed by atoms with Crippen LogP contribution in [0.25, 0.3) is 0 Å². The topological polar surface area (TPSA) is 53.0 Å². The fourth-order valence-corrected chi connectivity index (χ4v) is 7.07. The predicted molar refractivity (Wildman–Crippen MR) is 155 cm³/mol. The third-order valence-corrected chi connectivity index (χ3v) is 9.25. The third kappa shape index (κ3) is 5.77. The quantitative estimate of drug-likeness (QED) is 0.357. The van der Waals surface area contributed by atoms with Crippen LogP contribution in [0.3, 0.4) is 0 Å². The monoisotopic (exact) mass is 558 g/mol. The number of piperidine rings is 1. The van der Waals surface area contributed by atoms with Gasteiger partial charge in [0.25, 0.3) is 0 Å². The zero-order valence-corrected chi connectivity index (χ0v) is 24.3. The number of phenols is 1. The fourth-order valence-electron chi connectivity index (χ4n) is 6.75. The lowest BCUT2D eigenvalue weighted by molar-refractivity contribution is -0.161. The molecule has 0 radical (unpaired) electrons. The van der Waals surface area contributed by atoms with Crippen LogP contribution in [0.5, 0.6) is 5.75 Å². The summed E-state index contributed by atoms with van der Waals surface area (Å²) >= 11 is 12.4. The Morgan fingerprint density at radius 1 is 1.24 bits per heavy atom. The van der Waals surface area contributed by atoms with Gasteiger partial charge in [0.2, 0.25) is 5.91 Å². The van der Waals surface area contributed by atoms with Crippen LogP contribution in [0.4, 0.5) is 0 Å². The number of amides is 1. The second kappa shape index (κ2) is 12.0. The third-order valence-electron chi connectivity index (χ3n) is 8.51. The van der Waals surface area contributed by atoms with Crippen molar-refractivity contribution in [1.82, 2.24) is 9.80 Å². The summed E-state index contributed by atoms with van der Waals surface area (Å²) in [5.41, 5.74) is 1.19. The minimum absolute atomic E-state index is 0.0595. The van der Waals surface area contributed by atoms with Crippen LogP contribution >= 0.6 is 23.2 Å². The highest BCUT2D eigenvalue weighted by Crippen LogP contribution is 2.54. The summed E-state index contributed by atoms with van der Waals surface area (Å²) in [4.78, 5) is 18.3. The zero-order valence-electron chi connectivity index (χ0n) is 22.8. The van der Waals surface area contributed by atoms with Crippen molar-refractivity contribution in [3.8, 4) is 5.75 Å². The highest BCUT2D eigenvalue weighted by atomic mass is 35.5. The number of fused-ring (bicyclic) bond motifs is 1. The van der Waals surface area contributed by atoms with Crippen LogP contribution < -0.4 is 0 Å². The summed E-state index contributed by atoms with van der Waals surface area (Å²) in [7, 11) is 1.82. The molecule has 1 N–H and O–H groups in total. The Labute approximate surface area is 237 Å². The van der Waals surface area contributed by atoms with Crippen molar-refractivity contribution in [2.45, 2.75) is 63.0 Å². The fraction of sp³-hybridized carbons (Fsp3) is 0.516. The summed E-state index contributed by atoms with van der Waals surface area (Å²) in [5.74, 6) is 0.683. The molecule has 3 atom stereocenters. The Morgan fingerprint density at radius 2 is 2.03 bits per heavy atom. The Morgan fingerprint density at radius 3 is 2.68 bits per heavy atom. The minimum Gasteiger partial charge on any atom is -0.508 e. The maximum absolute atomic E-state index is 13.8. The highest BCUT2D eigenvalue weighted by Gasteiger charge is 2.59. The molecule has 7 heteroatoms. The highest BCUT2D eigenvalue weighted by molar-refractivity contribution is 6.42. The lowest BCUT2D eigenvalue weighted by Crippen LogP contribution is -2.68. The van der Waals surface area contributed by atoms with Crippen molar-refractivity contribution in [2.75, 3.05) is 33.3 Å². The first kappa shape index (κ1) is 28.9. The number of carbonyl (C=O) groups excluding carboxylic acids is 1. The van der Waals surface area contributed by atoms with E-state index in [4.69, 9.17) is 27.9 Å². The Hall–Kier alpha value is -2.05. The minimum atomic E-state index is -0.422. The second-order valence-electron chi connectivity index (χ2n) is 11.4. The van der Waals surface area contributed by atoms with E-state index >= 15 is 0 Å². The van der Waals surface area contributed by atoms with Gasteiger partial charge in [0.15, 0.2) is 0 Å². The van der Waals surface area contributed by atoms with Crippen molar-refractivity contribution in [2.24, 2.45) is 5.92 Å². The average Bonchev–Trinajstić information content (AvgIpc) is 2.89. The van der Waals surface area contributed by atoms with E-state index in [0.717, 1.165) is 56.4 Å². The number of aromatic hydroxyl groups is 1. The van der Waals surface area contributed by atoms with Gasteiger partial charge in [0, 0.05) is 38.2 Å². The Balaban J connectivity index is 1.70. The molecule has 4 rings (SSSR count). The van der Waals surface area contributed by atoms with Gasteiger partial charge in [-0.15, -0.1) is 6.58 Å². The number of hydrogen-bond donors (Lipinski definition) is 1. The SMILES string of the molecule is C=CCN1CC[C@@]2(c3cccc(O)c3)C[C@H](N(CC(C)C)C(=O)Cc3ccc(Cl)c(Cl)c3)CC[C@]2(OC)C1. The summed E-state index contributed by atoms with van der Waals surface area (Å²) in [6.07, 6.45) is 5.57. The summed E-state index contributed by atoms with van der Waals surface area (Å²) in [6.45, 7) is 11.4. The molecule has 2 aromatic carbocycles. The summed E-state index contributed by atoms with van der Waals surface area (Å²) < 4.78 is 6.46. The van der Waals surface area contributed by atoms with Crippen LogP contribution in [0.2, 0.25) is 10.0 Å². The number of carbonyl (C=O) groups is 1. The van der Waals surface area contributed by atoms with E-state index < -0.39 is 5.60 Å². The first-order chi connectivity index (χ1) is 18.1. The molecule has 1 saturated carbocycles. The van der Waals surface area contributed by atoms with Crippen molar-refractivity contribution in [1.29, 1.82) is 0 Å². The molecule has 0 aromatic heterocycles. The number of rotatable bonds is 9. The van der Waals surface area contributed by atoms with Gasteiger partial charge in [-0.1, -0.05) is 61.3 Å². The molecule has 1 amide bonds. The van der Waals surface area contributed by atoms with Gasteiger partial charge in [-0.05, 0) is 73.5 Å². The van der Waals surface area contributed by atoms with E-state index in [0.29, 0.717) is 22.5 Å². The van der Waals surface area contributed by atoms with E-state index in [1.54, 1.807) is 18.2 Å². The van der Waals surface area contributed by atoms with Crippen LogP contribution in [-0.4, -0.2) is 65.7 Å². The smallest absolute Gasteiger partial charge is 0.227 e. The van der Waals surface area contributed by atoms with Gasteiger partial charge in [-0.25, -0.2) is 0 Å². The number of ether oxygens (including phenoxy) is 1. The van der Waals surface area contributed by atoms with Crippen LogP contribution in [0.1, 0.15) is 50.7 Å². The molecule has 1 heterocycles. The van der Waals surface area contributed by atoms with E-state index in [1.165, 1.54) is 0 Å². The van der Waals surface area contributed by atoms with Crippen molar-refractivity contribution in [3.05, 3.63) is 76.3 Å². The molecule has 5 nitrogen and oxygen atoms in total. The van der Waals surface area contributed by atoms with Crippen molar-refractivity contribution < 1.29 is 14.6 Å². The largest absolute Gasteiger partial charge is 0.508 e. The molecule has 2 fully saturated rings. The van der Waals surface area contributed by atoms with Gasteiger partial charge in [0.05, 0.1) is 22.1 Å². The molecule has 2 aromatic rings. The second-order valence-corrected chi connectivity index (χ2v) is 12.2. The Kier molecular flexibility index (Phi) is 9.14. The van der Waals surface area contributed by atoms with Gasteiger partial charge < -0.3 is 14.7 Å². The molecular formula is C31H40Cl2N2O3. The first-order valence-corrected chi connectivity index (χ1v) is 14.3. The van der Waals surface area contributed by atoms with Gasteiger partial charge in [-0.2, -0.15) is 0 Å². The van der Waals surface area contributed by atoms with Gasteiger partial charge in [0.1, 0.15) is 5.75 Å². The molecule has 0 spiro atoms. The van der Waals surface area contributed by atoms with Crippen LogP contribution in [0.15, 0.2) is 55.1 Å². The lowest BCUT2D eigenvalue weighted by Gasteiger charge is -2.60. The maximum atomic E-state index is 13.8. The first-order valence-electron chi connectivity index (χ1n) is 13.5. The van der Waals surface area contributed by atoms with Gasteiger partial charge in [-0.3, -0.25) is 9.69 Å². The number of hydrogen-bond acceptors (Lipinski definition) is 4. The van der Waals surface area contributed by atoms with E-state index in [2.05, 4.69) is 36.3 Å². The number of methoxy groups -OCH3 is 1. The number of likely N-dealkylation sites (tertiary alicyclic amines) is 1. The maximum Gasteiger partial charge on any atom is 0.227 e. The summed E-state index contributed by atoms with van der Waals surface area (Å²) in [6, 6.07) is 13.1. The summed E-state index contributed by atoms with van der Waals surface area (Å²) in [5, 5.41) is 11.4. The molecule has 1 aliphatic heterocycles. The normalized spacial score (nSPS) is 25.7. The zero-order chi connectivity index (χ0) is 27.5. The van der Waals surface area contributed by atoms with Crippen LogP contribution in [-0.2, 0) is 21.4 Å². The molecule has 1 aliphatic carbocycles. The molecule has 38 heavy (non-hydrogen) atoms. The van der Waals surface area contributed by atoms with Crippen molar-refractivity contribution >= 4 is 29.1 Å². The molecule has 206 valence electrons. The molecular weight excluding hydrogens is 519 g/mol. The van der Waals surface area contributed by atoms with E-state index in [1.807, 2.05) is 31.4 Å². The Bertz CT molecular complexity index is 1160. The standard InChI is InChI=1S/C31H40Cl2N2O3/c1-5-14-34-15-13-30(24-7-6-8-26(36)18-24)19-25(11-12-31(30,21-34)38-4)35(20-22(2)3)29(37)17-23-9-10-27(32)28(33)16-23/h5-10,16,18,22,25,36H,1,11-15,17,19-21H2,2-4H3/t25-,30+,31+/m1/s1. The molecule has 0 bridgehead atoms. The van der Waals surface area contributed by atoms with E-state index in [9.17, 15) is 9.90 Å². The molecule has 2 aliphatic rings. The lowest BCUT2D eigenvalue weighted by atomic mass is 9.55. The van der Waals surface area contributed by atoms with Gasteiger partial charge >= 0.3 is 0 Å². The average molecular weight is 560 g/mol. The molecule has 1 saturated heterocycles. The number of nitrogens with zero attached hydrogens (tertiary/aromatic N) is 2. The van der Waals surface area contributed by atoms with Crippen molar-refractivity contribution in [3.63, 3.8) is 0 Å². The molecule has 0 unspecified atom stereocenters.